The molecule has 0 aliphatic carbocycles. The molecular formula is C15H15FN2O3. The first-order chi connectivity index (χ1) is 10.2. The van der Waals surface area contributed by atoms with Crippen molar-refractivity contribution in [3.63, 3.8) is 0 Å². The van der Waals surface area contributed by atoms with Crippen molar-refractivity contribution in [2.24, 2.45) is 0 Å². The molecule has 2 aromatic rings. The Bertz CT molecular complexity index is 676. The van der Waals surface area contributed by atoms with E-state index in [9.17, 15) is 4.39 Å². The monoisotopic (exact) mass is 290 g/mol. The Labute approximate surface area is 121 Å². The van der Waals surface area contributed by atoms with Crippen molar-refractivity contribution < 1.29 is 18.6 Å². The van der Waals surface area contributed by atoms with Crippen LogP contribution in [-0.4, -0.2) is 20.3 Å². The van der Waals surface area contributed by atoms with Gasteiger partial charge in [-0.25, -0.2) is 4.39 Å². The zero-order valence-electron chi connectivity index (χ0n) is 11.5. The second kappa shape index (κ2) is 5.40. The van der Waals surface area contributed by atoms with Crippen LogP contribution in [-0.2, 0) is 0 Å². The van der Waals surface area contributed by atoms with E-state index in [2.05, 4.69) is 5.32 Å². The molecule has 0 fully saturated rings. The lowest BCUT2D eigenvalue weighted by Gasteiger charge is -2.19. The lowest BCUT2D eigenvalue weighted by molar-refractivity contribution is 0.171. The van der Waals surface area contributed by atoms with Crippen LogP contribution in [0, 0.1) is 5.82 Å². The number of rotatable bonds is 3. The minimum atomic E-state index is -0.455. The third kappa shape index (κ3) is 2.65. The summed E-state index contributed by atoms with van der Waals surface area (Å²) in [4.78, 5) is 0. The summed E-state index contributed by atoms with van der Waals surface area (Å²) in [5.41, 5.74) is 6.87. The molecule has 3 N–H and O–H groups in total. The van der Waals surface area contributed by atoms with E-state index < -0.39 is 5.82 Å². The molecule has 3 rings (SSSR count). The average molecular weight is 290 g/mol. The van der Waals surface area contributed by atoms with Crippen LogP contribution in [0.1, 0.15) is 0 Å². The molecule has 0 saturated heterocycles. The van der Waals surface area contributed by atoms with Crippen LogP contribution in [0.5, 0.6) is 17.2 Å². The van der Waals surface area contributed by atoms with E-state index in [1.54, 1.807) is 18.2 Å². The van der Waals surface area contributed by atoms with Crippen molar-refractivity contribution in [1.82, 2.24) is 0 Å². The number of nitrogens with one attached hydrogen (secondary N) is 1. The van der Waals surface area contributed by atoms with Crippen molar-refractivity contribution >= 4 is 17.1 Å². The molecule has 0 aromatic heterocycles. The number of hydrogen-bond acceptors (Lipinski definition) is 5. The Kier molecular flexibility index (Phi) is 3.43. The van der Waals surface area contributed by atoms with E-state index in [1.165, 1.54) is 19.2 Å². The zero-order chi connectivity index (χ0) is 14.8. The minimum Gasteiger partial charge on any atom is -0.495 e. The van der Waals surface area contributed by atoms with Crippen LogP contribution in [0.15, 0.2) is 30.3 Å². The maximum absolute atomic E-state index is 13.9. The first kappa shape index (κ1) is 13.4. The summed E-state index contributed by atoms with van der Waals surface area (Å²) < 4.78 is 30.0. The number of methoxy groups -OCH3 is 1. The summed E-state index contributed by atoms with van der Waals surface area (Å²) in [6.07, 6.45) is 0. The van der Waals surface area contributed by atoms with Crippen molar-refractivity contribution in [2.75, 3.05) is 31.4 Å². The first-order valence-electron chi connectivity index (χ1n) is 6.47. The molecule has 2 aromatic carbocycles. The smallest absolute Gasteiger partial charge is 0.163 e. The number of ether oxygens (including phenoxy) is 3. The number of halogens is 1. The van der Waals surface area contributed by atoms with Crippen LogP contribution in [0.25, 0.3) is 0 Å². The number of fused-ring (bicyclic) bond motifs is 1. The summed E-state index contributed by atoms with van der Waals surface area (Å²) in [6, 6.07) is 8.07. The average Bonchev–Trinajstić information content (AvgIpc) is 2.50. The predicted octanol–water partition coefficient (Wildman–Crippen LogP) is 2.93. The van der Waals surface area contributed by atoms with Gasteiger partial charge in [0.25, 0.3) is 0 Å². The number of benzene rings is 2. The van der Waals surface area contributed by atoms with Gasteiger partial charge in [0.05, 0.1) is 18.5 Å². The van der Waals surface area contributed by atoms with Crippen molar-refractivity contribution in [1.29, 1.82) is 0 Å². The van der Waals surface area contributed by atoms with Crippen LogP contribution in [0.2, 0.25) is 0 Å². The van der Waals surface area contributed by atoms with Gasteiger partial charge in [0.1, 0.15) is 24.8 Å². The highest BCUT2D eigenvalue weighted by Crippen LogP contribution is 2.35. The van der Waals surface area contributed by atoms with Crippen molar-refractivity contribution in [3.8, 4) is 17.2 Å². The van der Waals surface area contributed by atoms with Gasteiger partial charge in [0, 0.05) is 23.9 Å². The van der Waals surface area contributed by atoms with Crippen molar-refractivity contribution in [2.45, 2.75) is 0 Å². The zero-order valence-corrected chi connectivity index (χ0v) is 11.5. The summed E-state index contributed by atoms with van der Waals surface area (Å²) in [7, 11) is 1.48. The van der Waals surface area contributed by atoms with Gasteiger partial charge >= 0.3 is 0 Å². The molecule has 110 valence electrons. The quantitative estimate of drug-likeness (QED) is 0.851. The Morgan fingerprint density at radius 2 is 1.90 bits per heavy atom. The molecule has 0 amide bonds. The van der Waals surface area contributed by atoms with Gasteiger partial charge in [0.2, 0.25) is 0 Å². The fourth-order valence-corrected chi connectivity index (χ4v) is 2.12. The van der Waals surface area contributed by atoms with Crippen LogP contribution in [0.3, 0.4) is 0 Å². The minimum absolute atomic E-state index is 0.253. The molecule has 5 nitrogen and oxygen atoms in total. The van der Waals surface area contributed by atoms with Gasteiger partial charge in [-0.05, 0) is 12.1 Å². The Morgan fingerprint density at radius 1 is 1.14 bits per heavy atom. The van der Waals surface area contributed by atoms with Gasteiger partial charge in [0.15, 0.2) is 11.5 Å². The fraction of sp³-hybridized carbons (Fsp3) is 0.200. The topological polar surface area (TPSA) is 65.7 Å². The standard InChI is InChI=1S/C15H15FN2O3/c1-19-14-8-12(10(16)7-11(14)17)18-9-2-3-13-15(6-9)21-5-4-20-13/h2-3,6-8,18H,4-5,17H2,1H3. The molecule has 1 heterocycles. The molecule has 0 atom stereocenters. The van der Waals surface area contributed by atoms with Crippen molar-refractivity contribution in [3.05, 3.63) is 36.1 Å². The van der Waals surface area contributed by atoms with Gasteiger partial charge < -0.3 is 25.3 Å². The lowest BCUT2D eigenvalue weighted by atomic mass is 10.2. The molecule has 21 heavy (non-hydrogen) atoms. The third-order valence-electron chi connectivity index (χ3n) is 3.14. The van der Waals surface area contributed by atoms with E-state index in [0.29, 0.717) is 36.1 Å². The normalized spacial score (nSPS) is 12.9. The van der Waals surface area contributed by atoms with Gasteiger partial charge in [-0.15, -0.1) is 0 Å². The second-order valence-corrected chi connectivity index (χ2v) is 4.56. The second-order valence-electron chi connectivity index (χ2n) is 4.56. The molecule has 0 saturated carbocycles. The molecule has 0 bridgehead atoms. The highest BCUT2D eigenvalue weighted by atomic mass is 19.1. The van der Waals surface area contributed by atoms with E-state index >= 15 is 0 Å². The highest BCUT2D eigenvalue weighted by Gasteiger charge is 2.13. The van der Waals surface area contributed by atoms with Gasteiger partial charge in [-0.3, -0.25) is 0 Å². The third-order valence-corrected chi connectivity index (χ3v) is 3.14. The highest BCUT2D eigenvalue weighted by molar-refractivity contribution is 5.69. The van der Waals surface area contributed by atoms with E-state index in [-0.39, 0.29) is 11.4 Å². The summed E-state index contributed by atoms with van der Waals surface area (Å²) in [5, 5.41) is 2.98. The number of anilines is 3. The molecule has 0 radical (unpaired) electrons. The number of hydrogen-bond donors (Lipinski definition) is 2. The van der Waals surface area contributed by atoms with E-state index in [1.807, 2.05) is 0 Å². The summed E-state index contributed by atoms with van der Waals surface area (Å²) in [5.74, 6) is 1.27. The molecule has 0 unspecified atom stereocenters. The maximum atomic E-state index is 13.9. The van der Waals surface area contributed by atoms with Gasteiger partial charge in [-0.2, -0.15) is 0 Å². The molecule has 1 aliphatic rings. The molecule has 1 aliphatic heterocycles. The van der Waals surface area contributed by atoms with Crippen LogP contribution >= 0.6 is 0 Å². The molecule has 6 heteroatoms. The number of nitrogens with two attached hydrogens (primary N) is 1. The largest absolute Gasteiger partial charge is 0.495 e. The number of nitrogen functional groups attached to an aromatic ring is 1. The SMILES string of the molecule is COc1cc(Nc2ccc3c(c2)OCCO3)c(F)cc1N. The Balaban J connectivity index is 1.90. The fourth-order valence-electron chi connectivity index (χ4n) is 2.12. The summed E-state index contributed by atoms with van der Waals surface area (Å²) in [6.45, 7) is 1.03. The molecule has 0 spiro atoms. The summed E-state index contributed by atoms with van der Waals surface area (Å²) >= 11 is 0. The van der Waals surface area contributed by atoms with Gasteiger partial charge in [-0.1, -0.05) is 0 Å². The van der Waals surface area contributed by atoms with E-state index in [4.69, 9.17) is 19.9 Å². The molecular weight excluding hydrogens is 275 g/mol. The predicted molar refractivity (Wildman–Crippen MR) is 78.1 cm³/mol. The van der Waals surface area contributed by atoms with Crippen LogP contribution < -0.4 is 25.3 Å². The Hall–Kier alpha value is -2.63. The maximum Gasteiger partial charge on any atom is 0.163 e. The van der Waals surface area contributed by atoms with E-state index in [0.717, 1.165) is 0 Å². The van der Waals surface area contributed by atoms with Crippen LogP contribution in [0.4, 0.5) is 21.5 Å². The first-order valence-corrected chi connectivity index (χ1v) is 6.47. The lowest BCUT2D eigenvalue weighted by Crippen LogP contribution is -2.15. The Morgan fingerprint density at radius 3 is 2.67 bits per heavy atom.